The molecule has 0 spiro atoms. The van der Waals surface area contributed by atoms with Crippen LogP contribution in [0, 0.1) is 6.92 Å². The Balaban J connectivity index is 2.81. The number of aromatic hydroxyl groups is 1. The van der Waals surface area contributed by atoms with E-state index >= 15 is 0 Å². The molecule has 2 nitrogen and oxygen atoms in total. The SMILES string of the molecule is [CH2]CNc1ccccc1O. The lowest BCUT2D eigenvalue weighted by atomic mass is 10.3. The third kappa shape index (κ3) is 1.41. The van der Waals surface area contributed by atoms with Gasteiger partial charge in [0, 0.05) is 6.54 Å². The van der Waals surface area contributed by atoms with Crippen LogP contribution in [0.4, 0.5) is 5.69 Å². The lowest BCUT2D eigenvalue weighted by Crippen LogP contribution is -1.95. The van der Waals surface area contributed by atoms with E-state index in [0.29, 0.717) is 6.54 Å². The van der Waals surface area contributed by atoms with Crippen molar-refractivity contribution in [3.05, 3.63) is 31.2 Å². The summed E-state index contributed by atoms with van der Waals surface area (Å²) in [7, 11) is 0. The largest absolute Gasteiger partial charge is 0.506 e. The second-order valence-corrected chi connectivity index (χ2v) is 1.94. The van der Waals surface area contributed by atoms with Crippen LogP contribution in [0.1, 0.15) is 0 Å². The minimum absolute atomic E-state index is 0.270. The van der Waals surface area contributed by atoms with E-state index in [2.05, 4.69) is 12.2 Å². The van der Waals surface area contributed by atoms with Gasteiger partial charge in [0.05, 0.1) is 5.69 Å². The van der Waals surface area contributed by atoms with Gasteiger partial charge in [0.1, 0.15) is 5.75 Å². The van der Waals surface area contributed by atoms with E-state index in [1.807, 2.05) is 6.07 Å². The van der Waals surface area contributed by atoms with Gasteiger partial charge in [-0.1, -0.05) is 12.1 Å². The van der Waals surface area contributed by atoms with Crippen molar-refractivity contribution in [3.63, 3.8) is 0 Å². The zero-order valence-electron chi connectivity index (χ0n) is 5.67. The number of rotatable bonds is 2. The van der Waals surface area contributed by atoms with Crippen LogP contribution in [-0.4, -0.2) is 11.7 Å². The van der Waals surface area contributed by atoms with Gasteiger partial charge in [-0.25, -0.2) is 0 Å². The molecule has 2 N–H and O–H groups in total. The van der Waals surface area contributed by atoms with Gasteiger partial charge >= 0.3 is 0 Å². The first-order chi connectivity index (χ1) is 4.84. The molecule has 0 aromatic heterocycles. The van der Waals surface area contributed by atoms with Gasteiger partial charge < -0.3 is 10.4 Å². The lowest BCUT2D eigenvalue weighted by Gasteiger charge is -2.03. The molecule has 0 amide bonds. The molecular weight excluding hydrogens is 126 g/mol. The number of para-hydroxylation sites is 2. The number of benzene rings is 1. The van der Waals surface area contributed by atoms with E-state index in [4.69, 9.17) is 5.11 Å². The van der Waals surface area contributed by atoms with E-state index in [-0.39, 0.29) is 5.75 Å². The summed E-state index contributed by atoms with van der Waals surface area (Å²) < 4.78 is 0. The van der Waals surface area contributed by atoms with Gasteiger partial charge in [-0.2, -0.15) is 0 Å². The van der Waals surface area contributed by atoms with E-state index in [1.54, 1.807) is 18.2 Å². The molecule has 0 bridgehead atoms. The Kier molecular flexibility index (Phi) is 2.15. The van der Waals surface area contributed by atoms with Crippen molar-refractivity contribution >= 4 is 5.69 Å². The van der Waals surface area contributed by atoms with Gasteiger partial charge in [-0.05, 0) is 19.1 Å². The highest BCUT2D eigenvalue weighted by Crippen LogP contribution is 2.20. The number of nitrogens with one attached hydrogen (secondary N) is 1. The summed E-state index contributed by atoms with van der Waals surface area (Å²) in [5, 5.41) is 12.1. The van der Waals surface area contributed by atoms with Crippen molar-refractivity contribution < 1.29 is 5.11 Å². The van der Waals surface area contributed by atoms with Crippen LogP contribution in [0.2, 0.25) is 0 Å². The van der Waals surface area contributed by atoms with E-state index in [0.717, 1.165) is 5.69 Å². The summed E-state index contributed by atoms with van der Waals surface area (Å²) in [5.74, 6) is 0.270. The Morgan fingerprint density at radius 2 is 2.10 bits per heavy atom. The number of phenolic OH excluding ortho intramolecular Hbond substituents is 1. The normalized spacial score (nSPS) is 9.30. The standard InChI is InChI=1S/C8H10NO/c1-2-9-7-5-3-4-6-8(7)10/h3-6,9-10H,1-2H2. The second kappa shape index (κ2) is 3.11. The van der Waals surface area contributed by atoms with Crippen molar-refractivity contribution in [2.24, 2.45) is 0 Å². The fourth-order valence-electron chi connectivity index (χ4n) is 0.758. The fourth-order valence-corrected chi connectivity index (χ4v) is 0.758. The van der Waals surface area contributed by atoms with E-state index in [1.165, 1.54) is 0 Å². The Morgan fingerprint density at radius 1 is 1.40 bits per heavy atom. The molecule has 1 aromatic rings. The molecule has 0 fully saturated rings. The third-order valence-corrected chi connectivity index (χ3v) is 1.22. The average Bonchev–Trinajstić information content (AvgIpc) is 1.94. The molecular formula is C8H10NO. The van der Waals surface area contributed by atoms with Crippen molar-refractivity contribution in [2.75, 3.05) is 11.9 Å². The molecule has 0 heterocycles. The zero-order chi connectivity index (χ0) is 7.40. The summed E-state index contributed by atoms with van der Waals surface area (Å²) >= 11 is 0. The molecule has 0 unspecified atom stereocenters. The number of hydrogen-bond donors (Lipinski definition) is 2. The maximum absolute atomic E-state index is 9.15. The molecule has 0 aliphatic heterocycles. The lowest BCUT2D eigenvalue weighted by molar-refractivity contribution is 0.477. The summed E-state index contributed by atoms with van der Waals surface area (Å²) in [6, 6.07) is 7.08. The second-order valence-electron chi connectivity index (χ2n) is 1.94. The highest BCUT2D eigenvalue weighted by molar-refractivity contribution is 5.55. The topological polar surface area (TPSA) is 32.3 Å². The third-order valence-electron chi connectivity index (χ3n) is 1.22. The predicted molar refractivity (Wildman–Crippen MR) is 42.0 cm³/mol. The quantitative estimate of drug-likeness (QED) is 0.606. The fraction of sp³-hybridized carbons (Fsp3) is 0.125. The van der Waals surface area contributed by atoms with Gasteiger partial charge in [0.2, 0.25) is 0 Å². The molecule has 0 saturated carbocycles. The molecule has 1 rings (SSSR count). The zero-order valence-corrected chi connectivity index (χ0v) is 5.67. The molecule has 0 saturated heterocycles. The highest BCUT2D eigenvalue weighted by Gasteiger charge is 1.93. The summed E-state index contributed by atoms with van der Waals surface area (Å²) in [6.45, 7) is 4.18. The van der Waals surface area contributed by atoms with Crippen LogP contribution in [0.3, 0.4) is 0 Å². The molecule has 1 aromatic carbocycles. The minimum atomic E-state index is 0.270. The Bertz CT molecular complexity index is 210. The summed E-state index contributed by atoms with van der Waals surface area (Å²) in [6.07, 6.45) is 0. The molecule has 53 valence electrons. The smallest absolute Gasteiger partial charge is 0.138 e. The van der Waals surface area contributed by atoms with Gasteiger partial charge in [-0.15, -0.1) is 0 Å². The average molecular weight is 136 g/mol. The number of anilines is 1. The van der Waals surface area contributed by atoms with Crippen LogP contribution in [-0.2, 0) is 0 Å². The van der Waals surface area contributed by atoms with Crippen molar-refractivity contribution in [1.29, 1.82) is 0 Å². The first-order valence-corrected chi connectivity index (χ1v) is 3.15. The summed E-state index contributed by atoms with van der Waals surface area (Å²) in [5.41, 5.74) is 0.734. The van der Waals surface area contributed by atoms with Gasteiger partial charge in [0.25, 0.3) is 0 Å². The predicted octanol–water partition coefficient (Wildman–Crippen LogP) is 1.64. The molecule has 0 aliphatic rings. The number of hydrogen-bond acceptors (Lipinski definition) is 2. The van der Waals surface area contributed by atoms with Crippen molar-refractivity contribution in [3.8, 4) is 5.75 Å². The van der Waals surface area contributed by atoms with E-state index < -0.39 is 0 Å². The monoisotopic (exact) mass is 136 g/mol. The van der Waals surface area contributed by atoms with Gasteiger partial charge in [-0.3, -0.25) is 0 Å². The van der Waals surface area contributed by atoms with Crippen LogP contribution in [0.5, 0.6) is 5.75 Å². The van der Waals surface area contributed by atoms with Crippen LogP contribution in [0.15, 0.2) is 24.3 Å². The minimum Gasteiger partial charge on any atom is -0.506 e. The molecule has 10 heavy (non-hydrogen) atoms. The van der Waals surface area contributed by atoms with Crippen molar-refractivity contribution in [1.82, 2.24) is 0 Å². The van der Waals surface area contributed by atoms with Crippen LogP contribution in [0.25, 0.3) is 0 Å². The Labute approximate surface area is 60.5 Å². The van der Waals surface area contributed by atoms with Crippen molar-refractivity contribution in [2.45, 2.75) is 0 Å². The summed E-state index contributed by atoms with van der Waals surface area (Å²) in [4.78, 5) is 0. The molecule has 0 atom stereocenters. The Morgan fingerprint density at radius 3 is 2.70 bits per heavy atom. The van der Waals surface area contributed by atoms with Crippen LogP contribution >= 0.6 is 0 Å². The maximum atomic E-state index is 9.15. The van der Waals surface area contributed by atoms with E-state index in [9.17, 15) is 0 Å². The molecule has 1 radical (unpaired) electrons. The number of phenols is 1. The molecule has 2 heteroatoms. The highest BCUT2D eigenvalue weighted by atomic mass is 16.3. The first-order valence-electron chi connectivity index (χ1n) is 3.15. The van der Waals surface area contributed by atoms with Crippen LogP contribution < -0.4 is 5.32 Å². The van der Waals surface area contributed by atoms with Gasteiger partial charge in [0.15, 0.2) is 0 Å². The molecule has 0 aliphatic carbocycles. The maximum Gasteiger partial charge on any atom is 0.138 e. The first kappa shape index (κ1) is 6.93. The Hall–Kier alpha value is -1.18.